The number of aryl methyl sites for hydroxylation is 1. The van der Waals surface area contributed by atoms with Gasteiger partial charge in [0.05, 0.1) is 7.11 Å². The summed E-state index contributed by atoms with van der Waals surface area (Å²) in [7, 11) is 3.08. The Morgan fingerprint density at radius 1 is 1.73 bits per heavy atom. The number of esters is 1. The van der Waals surface area contributed by atoms with Crippen LogP contribution in [-0.2, 0) is 11.8 Å². The summed E-state index contributed by atoms with van der Waals surface area (Å²) in [5, 5.41) is 0. The second kappa shape index (κ2) is 2.78. The van der Waals surface area contributed by atoms with Gasteiger partial charge in [0.15, 0.2) is 0 Å². The van der Waals surface area contributed by atoms with Crippen LogP contribution in [0.4, 0.5) is 0 Å². The van der Waals surface area contributed by atoms with E-state index in [4.69, 9.17) is 6.92 Å². The van der Waals surface area contributed by atoms with Crippen LogP contribution in [0, 0.1) is 6.92 Å². The lowest BCUT2D eigenvalue weighted by Gasteiger charge is -1.98. The largest absolute Gasteiger partial charge is 0.464 e. The third-order valence-corrected chi connectivity index (χ3v) is 1.42. The molecule has 1 heterocycles. The standard InChI is InChI=1S/C8H9NO2/c1-6-4-7(8(10)11-3)9(2)5-6/h1,4-5H,2-3H3. The smallest absolute Gasteiger partial charge is 0.354 e. The highest BCUT2D eigenvalue weighted by Gasteiger charge is 2.09. The number of hydrogen-bond donors (Lipinski definition) is 0. The maximum atomic E-state index is 10.9. The van der Waals surface area contributed by atoms with Crippen LogP contribution in [0.25, 0.3) is 0 Å². The first-order valence-corrected chi connectivity index (χ1v) is 3.15. The van der Waals surface area contributed by atoms with Gasteiger partial charge in [-0.1, -0.05) is 0 Å². The average Bonchev–Trinajstić information content (AvgIpc) is 2.28. The van der Waals surface area contributed by atoms with Crippen LogP contribution in [0.15, 0.2) is 12.3 Å². The Morgan fingerprint density at radius 3 is 2.73 bits per heavy atom. The minimum Gasteiger partial charge on any atom is -0.464 e. The monoisotopic (exact) mass is 151 g/mol. The number of hydrogen-bond acceptors (Lipinski definition) is 2. The summed E-state index contributed by atoms with van der Waals surface area (Å²) in [4.78, 5) is 10.9. The van der Waals surface area contributed by atoms with Crippen molar-refractivity contribution in [2.24, 2.45) is 7.05 Å². The van der Waals surface area contributed by atoms with Gasteiger partial charge in [-0.05, 0) is 11.6 Å². The number of carbonyl (C=O) groups is 1. The van der Waals surface area contributed by atoms with Gasteiger partial charge in [0.25, 0.3) is 0 Å². The van der Waals surface area contributed by atoms with Crippen LogP contribution in [0.5, 0.6) is 0 Å². The Morgan fingerprint density at radius 2 is 2.36 bits per heavy atom. The van der Waals surface area contributed by atoms with E-state index in [1.54, 1.807) is 23.9 Å². The Kier molecular flexibility index (Phi) is 1.98. The molecule has 1 rings (SSSR count). The van der Waals surface area contributed by atoms with E-state index in [1.165, 1.54) is 7.11 Å². The molecule has 0 spiro atoms. The molecule has 0 fully saturated rings. The molecule has 3 nitrogen and oxygen atoms in total. The molecule has 0 saturated carbocycles. The minimum absolute atomic E-state index is 0.371. The van der Waals surface area contributed by atoms with E-state index in [9.17, 15) is 4.79 Å². The summed E-state index contributed by atoms with van der Waals surface area (Å²) >= 11 is 0. The van der Waals surface area contributed by atoms with Gasteiger partial charge in [-0.2, -0.15) is 0 Å². The first-order chi connectivity index (χ1) is 5.15. The van der Waals surface area contributed by atoms with E-state index >= 15 is 0 Å². The Bertz CT molecular complexity index is 276. The summed E-state index contributed by atoms with van der Waals surface area (Å²) in [6.45, 7) is 5.44. The third kappa shape index (κ3) is 1.42. The van der Waals surface area contributed by atoms with Gasteiger partial charge in [0.1, 0.15) is 5.69 Å². The molecule has 3 heteroatoms. The van der Waals surface area contributed by atoms with Crippen molar-refractivity contribution >= 4 is 5.97 Å². The van der Waals surface area contributed by atoms with E-state index in [1.807, 2.05) is 0 Å². The van der Waals surface area contributed by atoms with Crippen molar-refractivity contribution in [1.29, 1.82) is 0 Å². The fraction of sp³-hybridized carbons (Fsp3) is 0.250. The van der Waals surface area contributed by atoms with Crippen molar-refractivity contribution in [1.82, 2.24) is 4.57 Å². The van der Waals surface area contributed by atoms with Crippen LogP contribution < -0.4 is 0 Å². The van der Waals surface area contributed by atoms with E-state index in [0.29, 0.717) is 11.3 Å². The molecule has 0 aromatic carbocycles. The SMILES string of the molecule is [CH]c1cc(C(=O)OC)n(C)c1. The summed E-state index contributed by atoms with van der Waals surface area (Å²) < 4.78 is 6.14. The van der Waals surface area contributed by atoms with Gasteiger partial charge in [-0.15, -0.1) is 0 Å². The quantitative estimate of drug-likeness (QED) is 0.558. The molecule has 0 bridgehead atoms. The fourth-order valence-electron chi connectivity index (χ4n) is 0.898. The van der Waals surface area contributed by atoms with Crippen LogP contribution in [0.1, 0.15) is 16.1 Å². The predicted molar refractivity (Wildman–Crippen MR) is 40.2 cm³/mol. The van der Waals surface area contributed by atoms with Gasteiger partial charge >= 0.3 is 5.97 Å². The molecule has 0 aliphatic carbocycles. The van der Waals surface area contributed by atoms with Gasteiger partial charge < -0.3 is 9.30 Å². The number of carbonyl (C=O) groups excluding carboxylic acids is 1. The molecule has 11 heavy (non-hydrogen) atoms. The van der Waals surface area contributed by atoms with Crippen LogP contribution in [-0.4, -0.2) is 17.6 Å². The van der Waals surface area contributed by atoms with Crippen molar-refractivity contribution in [2.75, 3.05) is 7.11 Å². The molecular weight excluding hydrogens is 142 g/mol. The van der Waals surface area contributed by atoms with Crippen molar-refractivity contribution < 1.29 is 9.53 Å². The number of nitrogens with zero attached hydrogens (tertiary/aromatic N) is 1. The van der Waals surface area contributed by atoms with Crippen molar-refractivity contribution in [3.8, 4) is 0 Å². The molecule has 1 aromatic rings. The summed E-state index contributed by atoms with van der Waals surface area (Å²) in [6, 6.07) is 1.58. The average molecular weight is 151 g/mol. The number of ether oxygens (including phenoxy) is 1. The van der Waals surface area contributed by atoms with Gasteiger partial charge in [-0.3, -0.25) is 0 Å². The van der Waals surface area contributed by atoms with Gasteiger partial charge in [-0.25, -0.2) is 4.79 Å². The number of rotatable bonds is 1. The fourth-order valence-corrected chi connectivity index (χ4v) is 0.898. The molecule has 1 aromatic heterocycles. The zero-order chi connectivity index (χ0) is 8.43. The molecule has 0 aliphatic heterocycles. The molecule has 0 amide bonds. The highest BCUT2D eigenvalue weighted by atomic mass is 16.5. The number of methoxy groups -OCH3 is 1. The molecule has 0 N–H and O–H groups in total. The van der Waals surface area contributed by atoms with Crippen molar-refractivity contribution in [2.45, 2.75) is 0 Å². The second-order valence-electron chi connectivity index (χ2n) is 2.26. The lowest BCUT2D eigenvalue weighted by Crippen LogP contribution is -2.06. The lowest BCUT2D eigenvalue weighted by atomic mass is 10.3. The normalized spacial score (nSPS) is 9.73. The maximum absolute atomic E-state index is 10.9. The van der Waals surface area contributed by atoms with Crippen molar-refractivity contribution in [3.05, 3.63) is 30.4 Å². The Balaban J connectivity index is 3.03. The molecule has 0 atom stereocenters. The Hall–Kier alpha value is -1.25. The molecule has 0 unspecified atom stereocenters. The van der Waals surface area contributed by atoms with Gasteiger partial charge in [0, 0.05) is 20.2 Å². The van der Waals surface area contributed by atoms with E-state index in [-0.39, 0.29) is 5.97 Å². The summed E-state index contributed by atoms with van der Waals surface area (Å²) in [5.74, 6) is -0.371. The Labute approximate surface area is 65.6 Å². The minimum atomic E-state index is -0.371. The van der Waals surface area contributed by atoms with E-state index in [2.05, 4.69) is 4.74 Å². The molecule has 2 radical (unpaired) electrons. The predicted octanol–water partition coefficient (Wildman–Crippen LogP) is 0.871. The highest BCUT2D eigenvalue weighted by Crippen LogP contribution is 2.06. The van der Waals surface area contributed by atoms with Gasteiger partial charge in [0.2, 0.25) is 0 Å². The molecule has 0 saturated heterocycles. The molecule has 58 valence electrons. The number of aromatic nitrogens is 1. The molecule has 0 aliphatic rings. The molecular formula is C8H9NO2. The van der Waals surface area contributed by atoms with Crippen LogP contribution in [0.2, 0.25) is 0 Å². The first-order valence-electron chi connectivity index (χ1n) is 3.15. The zero-order valence-corrected chi connectivity index (χ0v) is 6.50. The second-order valence-corrected chi connectivity index (χ2v) is 2.26. The van der Waals surface area contributed by atoms with Crippen molar-refractivity contribution in [3.63, 3.8) is 0 Å². The van der Waals surface area contributed by atoms with E-state index in [0.717, 1.165) is 0 Å². The summed E-state index contributed by atoms with van der Waals surface area (Å²) in [5.41, 5.74) is 1.03. The zero-order valence-electron chi connectivity index (χ0n) is 6.50. The topological polar surface area (TPSA) is 31.2 Å². The van der Waals surface area contributed by atoms with Crippen LogP contribution >= 0.6 is 0 Å². The third-order valence-electron chi connectivity index (χ3n) is 1.42. The lowest BCUT2D eigenvalue weighted by molar-refractivity contribution is 0.0590. The van der Waals surface area contributed by atoms with E-state index < -0.39 is 0 Å². The first kappa shape index (κ1) is 7.85. The maximum Gasteiger partial charge on any atom is 0.354 e. The summed E-state index contributed by atoms with van der Waals surface area (Å²) in [6.07, 6.45) is 1.66. The van der Waals surface area contributed by atoms with Crippen LogP contribution in [0.3, 0.4) is 0 Å². The highest BCUT2D eigenvalue weighted by molar-refractivity contribution is 5.87.